The molecular formula is C7H13ClOS. The molecule has 1 unspecified atom stereocenters. The molecule has 0 aromatic rings. The lowest BCUT2D eigenvalue weighted by Gasteiger charge is -2.22. The van der Waals surface area contributed by atoms with Crippen LogP contribution in [-0.2, 0) is 10.0 Å². The van der Waals surface area contributed by atoms with Crippen molar-refractivity contribution in [3.63, 3.8) is 0 Å². The first-order valence-electron chi connectivity index (χ1n) is 3.77. The molecule has 1 atom stereocenters. The van der Waals surface area contributed by atoms with E-state index in [2.05, 4.69) is 6.92 Å². The molecular weight excluding hydrogens is 168 g/mol. The summed E-state index contributed by atoms with van der Waals surface area (Å²) in [5, 5.41) is 0.276. The maximum atomic E-state index is 10.8. The Labute approximate surface area is 69.1 Å². The van der Waals surface area contributed by atoms with Gasteiger partial charge < -0.3 is 0 Å². The van der Waals surface area contributed by atoms with E-state index in [1.165, 1.54) is 12.8 Å². The molecule has 1 rings (SSSR count). The highest BCUT2D eigenvalue weighted by Gasteiger charge is 2.21. The zero-order valence-electron chi connectivity index (χ0n) is 6.18. The first-order chi connectivity index (χ1) is 4.70. The third-order valence-corrected chi connectivity index (χ3v) is 3.98. The van der Waals surface area contributed by atoms with E-state index in [1.54, 1.807) is 0 Å². The SMILES string of the molecule is CC1CCC(S(=O)Cl)CC1. The van der Waals surface area contributed by atoms with Crippen molar-refractivity contribution in [1.29, 1.82) is 0 Å². The van der Waals surface area contributed by atoms with Gasteiger partial charge in [-0.3, -0.25) is 0 Å². The summed E-state index contributed by atoms with van der Waals surface area (Å²) in [6.45, 7) is 2.24. The standard InChI is InChI=1S/C7H13ClOS/c1-6-2-4-7(5-3-6)10(8)9/h6-7H,2-5H2,1H3. The fourth-order valence-corrected chi connectivity index (χ4v) is 2.59. The van der Waals surface area contributed by atoms with E-state index in [-0.39, 0.29) is 5.25 Å². The Morgan fingerprint density at radius 2 is 1.80 bits per heavy atom. The first-order valence-corrected chi connectivity index (χ1v) is 5.81. The average Bonchev–Trinajstić information content (AvgIpc) is 1.88. The summed E-state index contributed by atoms with van der Waals surface area (Å²) in [4.78, 5) is 0. The van der Waals surface area contributed by atoms with Crippen LogP contribution in [0.25, 0.3) is 0 Å². The summed E-state index contributed by atoms with van der Waals surface area (Å²) in [5.41, 5.74) is 0. The fourth-order valence-electron chi connectivity index (χ4n) is 1.41. The van der Waals surface area contributed by atoms with Crippen LogP contribution in [0, 0.1) is 5.92 Å². The van der Waals surface area contributed by atoms with E-state index in [0.717, 1.165) is 18.8 Å². The Bertz CT molecular complexity index is 130. The smallest absolute Gasteiger partial charge is 0.118 e. The van der Waals surface area contributed by atoms with Crippen molar-refractivity contribution in [2.45, 2.75) is 37.9 Å². The van der Waals surface area contributed by atoms with Crippen LogP contribution in [0.2, 0.25) is 0 Å². The van der Waals surface area contributed by atoms with Crippen molar-refractivity contribution in [2.75, 3.05) is 0 Å². The molecule has 0 saturated heterocycles. The molecule has 3 heteroatoms. The van der Waals surface area contributed by atoms with E-state index in [4.69, 9.17) is 10.7 Å². The molecule has 0 aromatic heterocycles. The van der Waals surface area contributed by atoms with Gasteiger partial charge in [-0.1, -0.05) is 6.92 Å². The second-order valence-electron chi connectivity index (χ2n) is 3.13. The molecule has 0 bridgehead atoms. The molecule has 60 valence electrons. The molecule has 1 aliphatic rings. The zero-order valence-corrected chi connectivity index (χ0v) is 7.75. The highest BCUT2D eigenvalue weighted by Crippen LogP contribution is 2.27. The number of halogens is 1. The number of hydrogen-bond acceptors (Lipinski definition) is 1. The second-order valence-corrected chi connectivity index (χ2v) is 5.21. The second kappa shape index (κ2) is 3.72. The Morgan fingerprint density at radius 1 is 1.30 bits per heavy atom. The predicted molar refractivity (Wildman–Crippen MR) is 45.4 cm³/mol. The summed E-state index contributed by atoms with van der Waals surface area (Å²) in [7, 11) is 4.38. The monoisotopic (exact) mass is 180 g/mol. The van der Waals surface area contributed by atoms with Crippen LogP contribution in [-0.4, -0.2) is 9.46 Å². The zero-order chi connectivity index (χ0) is 7.56. The molecule has 0 aromatic carbocycles. The van der Waals surface area contributed by atoms with Gasteiger partial charge in [-0.05, 0) is 42.3 Å². The maximum absolute atomic E-state index is 10.8. The quantitative estimate of drug-likeness (QED) is 0.567. The highest BCUT2D eigenvalue weighted by atomic mass is 35.7. The Kier molecular flexibility index (Phi) is 3.18. The van der Waals surface area contributed by atoms with Gasteiger partial charge in [0.15, 0.2) is 0 Å². The molecule has 0 heterocycles. The summed E-state index contributed by atoms with van der Waals surface area (Å²) in [5.74, 6) is 0.816. The van der Waals surface area contributed by atoms with Crippen molar-refractivity contribution in [1.82, 2.24) is 0 Å². The van der Waals surface area contributed by atoms with Gasteiger partial charge in [0.1, 0.15) is 10.0 Å². The number of rotatable bonds is 1. The third-order valence-electron chi connectivity index (χ3n) is 2.22. The van der Waals surface area contributed by atoms with Crippen molar-refractivity contribution < 1.29 is 4.21 Å². The summed E-state index contributed by atoms with van der Waals surface area (Å²) < 4.78 is 10.8. The molecule has 0 amide bonds. The number of hydrogen-bond donors (Lipinski definition) is 0. The molecule has 0 radical (unpaired) electrons. The van der Waals surface area contributed by atoms with E-state index in [0.29, 0.717) is 0 Å². The van der Waals surface area contributed by atoms with Crippen molar-refractivity contribution in [3.05, 3.63) is 0 Å². The van der Waals surface area contributed by atoms with Crippen molar-refractivity contribution in [2.24, 2.45) is 5.92 Å². The van der Waals surface area contributed by atoms with E-state index >= 15 is 0 Å². The van der Waals surface area contributed by atoms with Crippen LogP contribution in [0.4, 0.5) is 0 Å². The lowest BCUT2D eigenvalue weighted by Crippen LogP contribution is -2.18. The lowest BCUT2D eigenvalue weighted by atomic mass is 9.91. The predicted octanol–water partition coefficient (Wildman–Crippen LogP) is 2.47. The van der Waals surface area contributed by atoms with Crippen LogP contribution in [0.3, 0.4) is 0 Å². The van der Waals surface area contributed by atoms with Gasteiger partial charge in [0.2, 0.25) is 0 Å². The first kappa shape index (κ1) is 8.54. The summed E-state index contributed by atoms with van der Waals surface area (Å²) >= 11 is 0. The normalized spacial score (nSPS) is 37.4. The molecule has 0 N–H and O–H groups in total. The van der Waals surface area contributed by atoms with Crippen LogP contribution in [0.15, 0.2) is 0 Å². The molecule has 1 aliphatic carbocycles. The van der Waals surface area contributed by atoms with Crippen LogP contribution >= 0.6 is 10.7 Å². The van der Waals surface area contributed by atoms with Gasteiger partial charge in [0.25, 0.3) is 0 Å². The van der Waals surface area contributed by atoms with E-state index in [1.807, 2.05) is 0 Å². The minimum atomic E-state index is -1.09. The highest BCUT2D eigenvalue weighted by molar-refractivity contribution is 8.08. The minimum absolute atomic E-state index is 0.276. The lowest BCUT2D eigenvalue weighted by molar-refractivity contribution is 0.390. The Hall–Kier alpha value is 0.440. The van der Waals surface area contributed by atoms with Gasteiger partial charge in [-0.2, -0.15) is 0 Å². The van der Waals surface area contributed by atoms with Crippen molar-refractivity contribution >= 4 is 20.7 Å². The Balaban J connectivity index is 2.33. The molecule has 0 spiro atoms. The van der Waals surface area contributed by atoms with Gasteiger partial charge in [0, 0.05) is 5.25 Å². The molecule has 1 saturated carbocycles. The van der Waals surface area contributed by atoms with Crippen molar-refractivity contribution in [3.8, 4) is 0 Å². The summed E-state index contributed by atoms with van der Waals surface area (Å²) in [6.07, 6.45) is 4.50. The van der Waals surface area contributed by atoms with Crippen LogP contribution in [0.5, 0.6) is 0 Å². The largest absolute Gasteiger partial charge is 0.242 e. The fraction of sp³-hybridized carbons (Fsp3) is 1.00. The molecule has 1 nitrogen and oxygen atoms in total. The topological polar surface area (TPSA) is 17.1 Å². The third kappa shape index (κ3) is 2.24. The molecule has 0 aliphatic heterocycles. The molecule has 10 heavy (non-hydrogen) atoms. The van der Waals surface area contributed by atoms with Gasteiger partial charge in [-0.15, -0.1) is 0 Å². The van der Waals surface area contributed by atoms with Gasteiger partial charge >= 0.3 is 0 Å². The molecule has 1 fully saturated rings. The average molecular weight is 181 g/mol. The van der Waals surface area contributed by atoms with E-state index < -0.39 is 10.0 Å². The van der Waals surface area contributed by atoms with E-state index in [9.17, 15) is 4.21 Å². The van der Waals surface area contributed by atoms with Crippen LogP contribution < -0.4 is 0 Å². The summed E-state index contributed by atoms with van der Waals surface area (Å²) in [6, 6.07) is 0. The van der Waals surface area contributed by atoms with Gasteiger partial charge in [0.05, 0.1) is 0 Å². The van der Waals surface area contributed by atoms with Gasteiger partial charge in [-0.25, -0.2) is 4.21 Å². The maximum Gasteiger partial charge on any atom is 0.118 e. The van der Waals surface area contributed by atoms with Crippen LogP contribution in [0.1, 0.15) is 32.6 Å². The minimum Gasteiger partial charge on any atom is -0.242 e. The Morgan fingerprint density at radius 3 is 2.20 bits per heavy atom.